The fraction of sp³-hybridized carbons (Fsp3) is 0.308. The van der Waals surface area contributed by atoms with E-state index in [1.165, 1.54) is 12.3 Å². The van der Waals surface area contributed by atoms with Gasteiger partial charge in [-0.05, 0) is 12.1 Å². The Morgan fingerprint density at radius 1 is 1.30 bits per heavy atom. The monoisotopic (exact) mass is 277 g/mol. The Morgan fingerprint density at radius 3 is 2.70 bits per heavy atom. The zero-order chi connectivity index (χ0) is 14.5. The number of aromatic nitrogens is 1. The van der Waals surface area contributed by atoms with Crippen molar-refractivity contribution in [2.24, 2.45) is 0 Å². The summed E-state index contributed by atoms with van der Waals surface area (Å²) in [4.78, 5) is 14.6. The predicted octanol–water partition coefficient (Wildman–Crippen LogP) is 2.17. The minimum absolute atomic E-state index is 0.0583. The lowest BCUT2D eigenvalue weighted by Gasteiger charge is -2.16. The van der Waals surface area contributed by atoms with Crippen LogP contribution in [0.4, 0.5) is 11.4 Å². The molecule has 0 aliphatic heterocycles. The molecule has 0 unspecified atom stereocenters. The van der Waals surface area contributed by atoms with Crippen molar-refractivity contribution in [1.29, 1.82) is 0 Å². The maximum atomic E-state index is 11.0. The van der Waals surface area contributed by atoms with Crippen LogP contribution in [0, 0.1) is 10.1 Å². The van der Waals surface area contributed by atoms with E-state index in [1.807, 2.05) is 0 Å². The molecule has 0 spiro atoms. The summed E-state index contributed by atoms with van der Waals surface area (Å²) in [5, 5.41) is 15.4. The number of pyridine rings is 1. The molecule has 0 atom stereocenters. The van der Waals surface area contributed by atoms with Gasteiger partial charge < -0.3 is 14.8 Å². The van der Waals surface area contributed by atoms with Gasteiger partial charge in [0.1, 0.15) is 0 Å². The number of nitro groups is 1. The molecule has 0 fully saturated rings. The first-order chi connectivity index (χ1) is 9.67. The number of nitrogens with one attached hydrogen (secondary N) is 1. The van der Waals surface area contributed by atoms with Crippen molar-refractivity contribution < 1.29 is 14.4 Å². The van der Waals surface area contributed by atoms with E-state index in [0.717, 1.165) is 5.69 Å². The highest BCUT2D eigenvalue weighted by atomic mass is 16.7. The van der Waals surface area contributed by atoms with Crippen LogP contribution in [0.3, 0.4) is 0 Å². The van der Waals surface area contributed by atoms with Crippen LogP contribution in [0.1, 0.15) is 0 Å². The smallest absolute Gasteiger partial charge is 0.277 e. The van der Waals surface area contributed by atoms with Crippen LogP contribution in [0.5, 0.6) is 0 Å². The summed E-state index contributed by atoms with van der Waals surface area (Å²) < 4.78 is 10.2. The lowest BCUT2D eigenvalue weighted by molar-refractivity contribution is -0.383. The summed E-state index contributed by atoms with van der Waals surface area (Å²) in [6, 6.07) is 4.76. The Kier molecular flexibility index (Phi) is 4.44. The summed E-state index contributed by atoms with van der Waals surface area (Å²) in [6.45, 7) is 0.425. The number of benzene rings is 1. The molecule has 1 heterocycles. The minimum atomic E-state index is -0.404. The van der Waals surface area contributed by atoms with Crippen LogP contribution in [0.2, 0.25) is 0 Å². The highest BCUT2D eigenvalue weighted by Gasteiger charge is 2.14. The van der Waals surface area contributed by atoms with Gasteiger partial charge in [-0.1, -0.05) is 0 Å². The van der Waals surface area contributed by atoms with Gasteiger partial charge in [-0.15, -0.1) is 0 Å². The van der Waals surface area contributed by atoms with Crippen molar-refractivity contribution in [3.05, 3.63) is 40.7 Å². The molecule has 0 aliphatic rings. The number of ether oxygens (including phenoxy) is 2. The van der Waals surface area contributed by atoms with Crippen LogP contribution in [-0.2, 0) is 9.47 Å². The molecule has 1 N–H and O–H groups in total. The van der Waals surface area contributed by atoms with Crippen LogP contribution in [0.15, 0.2) is 30.6 Å². The van der Waals surface area contributed by atoms with E-state index >= 15 is 0 Å². The van der Waals surface area contributed by atoms with Crippen molar-refractivity contribution in [2.45, 2.75) is 6.29 Å². The van der Waals surface area contributed by atoms with Crippen molar-refractivity contribution in [2.75, 3.05) is 26.1 Å². The number of nitrogens with zero attached hydrogens (tertiary/aromatic N) is 2. The Bertz CT molecular complexity index is 614. The molecule has 7 nitrogen and oxygen atoms in total. The van der Waals surface area contributed by atoms with Gasteiger partial charge in [0.2, 0.25) is 0 Å². The molecule has 1 aromatic carbocycles. The van der Waals surface area contributed by atoms with Crippen LogP contribution >= 0.6 is 0 Å². The van der Waals surface area contributed by atoms with Gasteiger partial charge in [-0.3, -0.25) is 15.1 Å². The highest BCUT2D eigenvalue weighted by molar-refractivity contribution is 5.99. The van der Waals surface area contributed by atoms with E-state index in [2.05, 4.69) is 10.3 Å². The lowest BCUT2D eigenvalue weighted by Crippen LogP contribution is -2.23. The lowest BCUT2D eigenvalue weighted by atomic mass is 10.1. The predicted molar refractivity (Wildman–Crippen MR) is 74.7 cm³/mol. The summed E-state index contributed by atoms with van der Waals surface area (Å²) in [5.41, 5.74) is 0.806. The molecule has 2 aromatic rings. The number of anilines is 1. The third kappa shape index (κ3) is 2.84. The topological polar surface area (TPSA) is 86.5 Å². The van der Waals surface area contributed by atoms with E-state index in [9.17, 15) is 10.1 Å². The van der Waals surface area contributed by atoms with Gasteiger partial charge in [-0.25, -0.2) is 0 Å². The van der Waals surface area contributed by atoms with Gasteiger partial charge in [-0.2, -0.15) is 0 Å². The van der Waals surface area contributed by atoms with Gasteiger partial charge in [0.05, 0.1) is 16.9 Å². The Labute approximate surface area is 115 Å². The Morgan fingerprint density at radius 2 is 2.05 bits per heavy atom. The van der Waals surface area contributed by atoms with Crippen molar-refractivity contribution in [3.8, 4) is 0 Å². The van der Waals surface area contributed by atoms with Gasteiger partial charge in [0.15, 0.2) is 6.29 Å². The first-order valence-electron chi connectivity index (χ1n) is 5.98. The number of non-ortho nitro benzene ring substituents is 1. The van der Waals surface area contributed by atoms with Gasteiger partial charge >= 0.3 is 0 Å². The SMILES string of the molecule is COC(CNc1ccc([N+](=O)[O-])c2ccncc12)OC. The first-order valence-corrected chi connectivity index (χ1v) is 5.98. The van der Waals surface area contributed by atoms with Crippen LogP contribution in [0.25, 0.3) is 10.8 Å². The van der Waals surface area contributed by atoms with Gasteiger partial charge in [0.25, 0.3) is 5.69 Å². The normalized spacial score (nSPS) is 10.9. The molecule has 0 saturated heterocycles. The van der Waals surface area contributed by atoms with E-state index < -0.39 is 11.2 Å². The standard InChI is InChI=1S/C13H15N3O4/c1-19-13(20-2)8-15-11-3-4-12(16(17)18)9-5-6-14-7-10(9)11/h3-7,13,15H,8H2,1-2H3. The second kappa shape index (κ2) is 6.27. The highest BCUT2D eigenvalue weighted by Crippen LogP contribution is 2.30. The Balaban J connectivity index is 2.36. The molecule has 20 heavy (non-hydrogen) atoms. The molecule has 0 bridgehead atoms. The van der Waals surface area contributed by atoms with E-state index in [4.69, 9.17) is 9.47 Å². The average Bonchev–Trinajstić information content (AvgIpc) is 2.47. The molecule has 0 aliphatic carbocycles. The second-order valence-electron chi connectivity index (χ2n) is 4.09. The molecule has 1 aromatic heterocycles. The summed E-state index contributed by atoms with van der Waals surface area (Å²) >= 11 is 0. The number of nitro benzene ring substituents is 1. The molecule has 7 heteroatoms. The van der Waals surface area contributed by atoms with Gasteiger partial charge in [0, 0.05) is 43.8 Å². The quantitative estimate of drug-likeness (QED) is 0.494. The first kappa shape index (κ1) is 14.2. The third-order valence-corrected chi connectivity index (χ3v) is 2.98. The molecule has 106 valence electrons. The number of methoxy groups -OCH3 is 2. The fourth-order valence-corrected chi connectivity index (χ4v) is 1.94. The van der Waals surface area contributed by atoms with Crippen molar-refractivity contribution in [3.63, 3.8) is 0 Å². The van der Waals surface area contributed by atoms with E-state index in [0.29, 0.717) is 17.3 Å². The Hall–Kier alpha value is -2.25. The summed E-state index contributed by atoms with van der Waals surface area (Å²) in [5.74, 6) is 0. The maximum absolute atomic E-state index is 11.0. The number of rotatable bonds is 6. The summed E-state index contributed by atoms with van der Waals surface area (Å²) in [7, 11) is 3.09. The van der Waals surface area contributed by atoms with Crippen LogP contribution < -0.4 is 5.32 Å². The molecule has 0 saturated carbocycles. The zero-order valence-corrected chi connectivity index (χ0v) is 11.2. The fourth-order valence-electron chi connectivity index (χ4n) is 1.94. The van der Waals surface area contributed by atoms with Crippen molar-refractivity contribution in [1.82, 2.24) is 4.98 Å². The number of fused-ring (bicyclic) bond motifs is 1. The number of hydrogen-bond donors (Lipinski definition) is 1. The van der Waals surface area contributed by atoms with Crippen LogP contribution in [-0.4, -0.2) is 37.0 Å². The zero-order valence-electron chi connectivity index (χ0n) is 11.2. The van der Waals surface area contributed by atoms with Crippen molar-refractivity contribution >= 4 is 22.1 Å². The molecule has 0 amide bonds. The maximum Gasteiger partial charge on any atom is 0.277 e. The largest absolute Gasteiger partial charge is 0.379 e. The molecule has 0 radical (unpaired) electrons. The second-order valence-corrected chi connectivity index (χ2v) is 4.09. The third-order valence-electron chi connectivity index (χ3n) is 2.98. The summed E-state index contributed by atoms with van der Waals surface area (Å²) in [6.07, 6.45) is 2.74. The molecule has 2 rings (SSSR count). The number of hydrogen-bond acceptors (Lipinski definition) is 6. The van der Waals surface area contributed by atoms with E-state index in [1.54, 1.807) is 32.5 Å². The molecular formula is C13H15N3O4. The minimum Gasteiger partial charge on any atom is -0.379 e. The average molecular weight is 277 g/mol. The molecular weight excluding hydrogens is 262 g/mol. The van der Waals surface area contributed by atoms with E-state index in [-0.39, 0.29) is 5.69 Å².